The summed E-state index contributed by atoms with van der Waals surface area (Å²) in [7, 11) is -4.07. The maximum Gasteiger partial charge on any atom is 0.339 e. The maximum absolute atomic E-state index is 12.6. The number of hydrazone groups is 1. The topological polar surface area (TPSA) is 103 Å². The van der Waals surface area contributed by atoms with E-state index < -0.39 is 16.0 Å². The molecule has 3 aromatic carbocycles. The molecule has 0 aliphatic rings. The minimum absolute atomic E-state index is 0.00301. The zero-order chi connectivity index (χ0) is 24.6. The van der Waals surface area contributed by atoms with Crippen molar-refractivity contribution in [1.82, 2.24) is 5.43 Å². The summed E-state index contributed by atoms with van der Waals surface area (Å²) < 4.78 is 41.9. The molecule has 0 bridgehead atoms. The van der Waals surface area contributed by atoms with Gasteiger partial charge in [0.1, 0.15) is 10.6 Å². The van der Waals surface area contributed by atoms with Crippen molar-refractivity contribution in [3.63, 3.8) is 0 Å². The van der Waals surface area contributed by atoms with E-state index in [1.54, 1.807) is 61.5 Å². The molecule has 3 rings (SSSR count). The van der Waals surface area contributed by atoms with Gasteiger partial charge in [0.05, 0.1) is 17.3 Å². The van der Waals surface area contributed by atoms with E-state index in [-0.39, 0.29) is 29.6 Å². The van der Waals surface area contributed by atoms with E-state index in [0.717, 1.165) is 0 Å². The van der Waals surface area contributed by atoms with Gasteiger partial charge in [0, 0.05) is 5.02 Å². The van der Waals surface area contributed by atoms with Gasteiger partial charge in [0.15, 0.2) is 18.1 Å². The van der Waals surface area contributed by atoms with Crippen LogP contribution in [0.25, 0.3) is 0 Å². The van der Waals surface area contributed by atoms with Crippen LogP contribution in [0.3, 0.4) is 0 Å². The number of carbonyl (C=O) groups excluding carboxylic acids is 1. The zero-order valence-electron chi connectivity index (χ0n) is 17.9. The first-order chi connectivity index (χ1) is 16.3. The van der Waals surface area contributed by atoms with Gasteiger partial charge in [-0.3, -0.25) is 4.79 Å². The molecule has 0 heterocycles. The fourth-order valence-electron chi connectivity index (χ4n) is 2.64. The van der Waals surface area contributed by atoms with Gasteiger partial charge in [-0.05, 0) is 76.9 Å². The molecule has 178 valence electrons. The molecule has 0 radical (unpaired) electrons. The first kappa shape index (κ1) is 25.5. The number of rotatable bonds is 10. The summed E-state index contributed by atoms with van der Waals surface area (Å²) in [6.07, 6.45) is 1.38. The van der Waals surface area contributed by atoms with Crippen molar-refractivity contribution >= 4 is 49.8 Å². The van der Waals surface area contributed by atoms with Crippen LogP contribution in [0.5, 0.6) is 17.2 Å². The van der Waals surface area contributed by atoms with Crippen LogP contribution in [0.4, 0.5) is 0 Å². The molecule has 1 N–H and O–H groups in total. The quantitative estimate of drug-likeness (QED) is 0.215. The molecule has 0 fully saturated rings. The van der Waals surface area contributed by atoms with Gasteiger partial charge >= 0.3 is 10.1 Å². The molecule has 0 aromatic heterocycles. The summed E-state index contributed by atoms with van der Waals surface area (Å²) in [5, 5.41) is 4.46. The van der Waals surface area contributed by atoms with Gasteiger partial charge < -0.3 is 13.7 Å². The Kier molecular flexibility index (Phi) is 8.91. The van der Waals surface area contributed by atoms with E-state index in [2.05, 4.69) is 26.5 Å². The number of halogens is 2. The lowest BCUT2D eigenvalue weighted by Crippen LogP contribution is -2.24. The fraction of sp³-hybridized carbons (Fsp3) is 0.130. The van der Waals surface area contributed by atoms with Crippen molar-refractivity contribution in [2.45, 2.75) is 11.8 Å². The average Bonchev–Trinajstić information content (AvgIpc) is 2.82. The molecular weight excluding hydrogens is 548 g/mol. The highest BCUT2D eigenvalue weighted by atomic mass is 79.9. The molecule has 0 atom stereocenters. The number of carbonyl (C=O) groups is 1. The lowest BCUT2D eigenvalue weighted by Gasteiger charge is -2.14. The highest BCUT2D eigenvalue weighted by molar-refractivity contribution is 9.10. The van der Waals surface area contributed by atoms with Crippen molar-refractivity contribution in [2.75, 3.05) is 13.2 Å². The van der Waals surface area contributed by atoms with Crippen LogP contribution < -0.4 is 19.1 Å². The first-order valence-corrected chi connectivity index (χ1v) is 12.5. The number of hydrogen-bond donors (Lipinski definition) is 1. The van der Waals surface area contributed by atoms with E-state index in [1.165, 1.54) is 18.3 Å². The molecule has 3 aromatic rings. The van der Waals surface area contributed by atoms with E-state index in [0.29, 0.717) is 20.8 Å². The highest BCUT2D eigenvalue weighted by Gasteiger charge is 2.22. The van der Waals surface area contributed by atoms with Crippen LogP contribution in [0.1, 0.15) is 12.5 Å². The molecule has 11 heteroatoms. The van der Waals surface area contributed by atoms with Crippen molar-refractivity contribution < 1.29 is 26.9 Å². The summed E-state index contributed by atoms with van der Waals surface area (Å²) >= 11 is 9.13. The number of hydrogen-bond acceptors (Lipinski definition) is 7. The Bertz CT molecular complexity index is 1270. The molecule has 0 saturated carbocycles. The third-order valence-corrected chi connectivity index (χ3v) is 6.22. The molecule has 0 unspecified atom stereocenters. The summed E-state index contributed by atoms with van der Waals surface area (Å²) in [5.74, 6) is 0.220. The summed E-state index contributed by atoms with van der Waals surface area (Å²) in [6.45, 7) is 1.79. The molecule has 8 nitrogen and oxygen atoms in total. The molecule has 0 spiro atoms. The van der Waals surface area contributed by atoms with Gasteiger partial charge in [-0.2, -0.15) is 13.5 Å². The Morgan fingerprint density at radius 1 is 1.09 bits per heavy atom. The van der Waals surface area contributed by atoms with Crippen LogP contribution in [-0.4, -0.2) is 33.8 Å². The Hall–Kier alpha value is -3.08. The SMILES string of the molecule is CCOc1cc(/C=N\NC(=O)COc2ccc(Cl)cc2)cc(Br)c1OS(=O)(=O)c1ccccc1. The van der Waals surface area contributed by atoms with E-state index in [1.807, 2.05) is 0 Å². The second-order valence-corrected chi connectivity index (χ2v) is 9.49. The van der Waals surface area contributed by atoms with Crippen LogP contribution >= 0.6 is 27.5 Å². The highest BCUT2D eigenvalue weighted by Crippen LogP contribution is 2.38. The Morgan fingerprint density at radius 3 is 2.47 bits per heavy atom. The smallest absolute Gasteiger partial charge is 0.339 e. The minimum Gasteiger partial charge on any atom is -0.490 e. The number of amides is 1. The van der Waals surface area contributed by atoms with Crippen LogP contribution in [-0.2, 0) is 14.9 Å². The van der Waals surface area contributed by atoms with Gasteiger partial charge in [-0.15, -0.1) is 0 Å². The predicted octanol–water partition coefficient (Wildman–Crippen LogP) is 4.80. The van der Waals surface area contributed by atoms with E-state index in [4.69, 9.17) is 25.3 Å². The van der Waals surface area contributed by atoms with Gasteiger partial charge in [-0.1, -0.05) is 29.8 Å². The number of nitrogens with zero attached hydrogens (tertiary/aromatic N) is 1. The molecular formula is C23H20BrClN2O6S. The number of nitrogens with one attached hydrogen (secondary N) is 1. The Morgan fingerprint density at radius 2 is 1.79 bits per heavy atom. The third kappa shape index (κ3) is 7.21. The van der Waals surface area contributed by atoms with Gasteiger partial charge in [-0.25, -0.2) is 5.43 Å². The fourth-order valence-corrected chi connectivity index (χ4v) is 4.39. The standard InChI is InChI=1S/C23H20BrClN2O6S/c1-2-31-21-13-16(14-26-27-22(28)15-32-18-10-8-17(25)9-11-18)12-20(24)23(21)33-34(29,30)19-6-4-3-5-7-19/h3-14H,2,15H2,1H3,(H,27,28)/b26-14-. The Balaban J connectivity index is 1.68. The average molecular weight is 568 g/mol. The van der Waals surface area contributed by atoms with E-state index >= 15 is 0 Å². The van der Waals surface area contributed by atoms with Crippen molar-refractivity contribution in [1.29, 1.82) is 0 Å². The second kappa shape index (κ2) is 11.9. The Labute approximate surface area is 210 Å². The normalized spacial score (nSPS) is 11.3. The van der Waals surface area contributed by atoms with Crippen LogP contribution in [0, 0.1) is 0 Å². The number of benzene rings is 3. The minimum atomic E-state index is -4.07. The molecule has 0 saturated heterocycles. The molecule has 34 heavy (non-hydrogen) atoms. The zero-order valence-corrected chi connectivity index (χ0v) is 21.1. The molecule has 0 aliphatic heterocycles. The van der Waals surface area contributed by atoms with Crippen LogP contribution in [0.15, 0.2) is 81.2 Å². The van der Waals surface area contributed by atoms with E-state index in [9.17, 15) is 13.2 Å². The lowest BCUT2D eigenvalue weighted by atomic mass is 10.2. The molecule has 1 amide bonds. The maximum atomic E-state index is 12.6. The predicted molar refractivity (Wildman–Crippen MR) is 132 cm³/mol. The van der Waals surface area contributed by atoms with Crippen molar-refractivity contribution in [3.05, 3.63) is 81.8 Å². The van der Waals surface area contributed by atoms with Crippen molar-refractivity contribution in [2.24, 2.45) is 5.10 Å². The van der Waals surface area contributed by atoms with Gasteiger partial charge in [0.2, 0.25) is 0 Å². The van der Waals surface area contributed by atoms with Crippen LogP contribution in [0.2, 0.25) is 5.02 Å². The second-order valence-electron chi connectivity index (χ2n) is 6.65. The summed E-state index contributed by atoms with van der Waals surface area (Å²) in [5.41, 5.74) is 2.88. The summed E-state index contributed by atoms with van der Waals surface area (Å²) in [6, 6.07) is 17.5. The number of ether oxygens (including phenoxy) is 2. The first-order valence-electron chi connectivity index (χ1n) is 9.94. The largest absolute Gasteiger partial charge is 0.490 e. The van der Waals surface area contributed by atoms with Crippen molar-refractivity contribution in [3.8, 4) is 17.2 Å². The monoisotopic (exact) mass is 566 g/mol. The lowest BCUT2D eigenvalue weighted by molar-refractivity contribution is -0.123. The van der Waals surface area contributed by atoms with Gasteiger partial charge in [0.25, 0.3) is 5.91 Å². The summed E-state index contributed by atoms with van der Waals surface area (Å²) in [4.78, 5) is 12.0. The molecule has 0 aliphatic carbocycles. The third-order valence-electron chi connectivity index (χ3n) is 4.14.